The Balaban J connectivity index is 2.32. The molecule has 0 aromatic heterocycles. The summed E-state index contributed by atoms with van der Waals surface area (Å²) in [4.78, 5) is 22.3. The first-order valence-corrected chi connectivity index (χ1v) is 6.33. The fourth-order valence-electron chi connectivity index (χ4n) is 1.59. The minimum Gasteiger partial charge on any atom is -0.480 e. The van der Waals surface area contributed by atoms with Crippen molar-refractivity contribution in [3.63, 3.8) is 0 Å². The zero-order valence-corrected chi connectivity index (χ0v) is 11.4. The van der Waals surface area contributed by atoms with E-state index in [0.717, 1.165) is 0 Å². The predicted octanol–water partition coefficient (Wildman–Crippen LogP) is -3.78. The molecule has 0 aliphatic carbocycles. The molecule has 0 aromatic carbocycles. The van der Waals surface area contributed by atoms with Crippen molar-refractivity contribution in [3.05, 3.63) is 0 Å². The number of hydrazine groups is 1. The van der Waals surface area contributed by atoms with E-state index in [-0.39, 0.29) is 13.2 Å². The van der Waals surface area contributed by atoms with E-state index in [0.29, 0.717) is 0 Å². The van der Waals surface area contributed by atoms with Crippen LogP contribution >= 0.6 is 0 Å². The highest BCUT2D eigenvalue weighted by Gasteiger charge is 2.29. The first kappa shape index (κ1) is 17.6. The van der Waals surface area contributed by atoms with Crippen molar-refractivity contribution in [1.82, 2.24) is 21.5 Å². The fourth-order valence-corrected chi connectivity index (χ4v) is 1.59. The lowest BCUT2D eigenvalue weighted by Crippen LogP contribution is -2.53. The molecule has 0 radical (unpaired) electrons. The van der Waals surface area contributed by atoms with Crippen molar-refractivity contribution in [2.24, 2.45) is 5.73 Å². The van der Waals surface area contributed by atoms with E-state index in [1.54, 1.807) is 0 Å². The van der Waals surface area contributed by atoms with Gasteiger partial charge in [0.25, 0.3) is 0 Å². The standard InChI is InChI=1S/C10H21N5O6/c1-4(17)7(9(18)19)13-10(20)12-2-6-14-15-8(21-6)5(11)3-16/h4-8,14-17H,2-3,11H2,1H3,(H,18,19)(H2,12,13,20). The van der Waals surface area contributed by atoms with E-state index in [4.69, 9.17) is 20.7 Å². The Morgan fingerprint density at radius 3 is 2.62 bits per heavy atom. The summed E-state index contributed by atoms with van der Waals surface area (Å²) in [7, 11) is 0. The van der Waals surface area contributed by atoms with Crippen LogP contribution in [0.4, 0.5) is 4.79 Å². The van der Waals surface area contributed by atoms with Gasteiger partial charge in [-0.1, -0.05) is 0 Å². The van der Waals surface area contributed by atoms with Crippen molar-refractivity contribution in [1.29, 1.82) is 0 Å². The normalized spacial score (nSPS) is 25.9. The molecule has 1 heterocycles. The zero-order valence-electron chi connectivity index (χ0n) is 11.4. The van der Waals surface area contributed by atoms with Crippen LogP contribution in [0.5, 0.6) is 0 Å². The predicted molar refractivity (Wildman–Crippen MR) is 69.6 cm³/mol. The van der Waals surface area contributed by atoms with Crippen LogP contribution in [0.2, 0.25) is 0 Å². The van der Waals surface area contributed by atoms with Gasteiger partial charge in [0.15, 0.2) is 6.04 Å². The molecule has 1 rings (SSSR count). The van der Waals surface area contributed by atoms with Crippen LogP contribution in [-0.2, 0) is 9.53 Å². The molecule has 1 saturated heterocycles. The van der Waals surface area contributed by atoms with Gasteiger partial charge in [-0.05, 0) is 6.92 Å². The minimum absolute atomic E-state index is 0.0274. The van der Waals surface area contributed by atoms with Crippen LogP contribution in [0.3, 0.4) is 0 Å². The number of ether oxygens (including phenoxy) is 1. The number of aliphatic carboxylic acids is 1. The summed E-state index contributed by atoms with van der Waals surface area (Å²) < 4.78 is 5.35. The Labute approximate surface area is 120 Å². The van der Waals surface area contributed by atoms with E-state index in [1.807, 2.05) is 0 Å². The third-order valence-corrected chi connectivity index (χ3v) is 2.78. The van der Waals surface area contributed by atoms with Gasteiger partial charge in [-0.15, -0.1) is 0 Å². The number of amides is 2. The van der Waals surface area contributed by atoms with Crippen molar-refractivity contribution in [2.75, 3.05) is 13.2 Å². The van der Waals surface area contributed by atoms with Crippen LogP contribution in [-0.4, -0.2) is 71.1 Å². The maximum Gasteiger partial charge on any atom is 0.328 e. The van der Waals surface area contributed by atoms with Gasteiger partial charge in [-0.3, -0.25) is 0 Å². The molecule has 0 spiro atoms. The summed E-state index contributed by atoms with van der Waals surface area (Å²) in [6.45, 7) is 1.01. The number of carbonyl (C=O) groups excluding carboxylic acids is 1. The molecule has 9 N–H and O–H groups in total. The fraction of sp³-hybridized carbons (Fsp3) is 0.800. The van der Waals surface area contributed by atoms with E-state index in [1.165, 1.54) is 6.92 Å². The Bertz CT molecular complexity index is 368. The number of carboxylic acid groups (broad SMARTS) is 1. The van der Waals surface area contributed by atoms with Crippen LogP contribution in [0.25, 0.3) is 0 Å². The second-order valence-corrected chi connectivity index (χ2v) is 4.59. The number of hydrogen-bond acceptors (Lipinski definition) is 8. The summed E-state index contributed by atoms with van der Waals surface area (Å²) in [6.07, 6.45) is -2.43. The first-order chi connectivity index (χ1) is 9.85. The number of nitrogens with one attached hydrogen (secondary N) is 4. The van der Waals surface area contributed by atoms with Crippen molar-refractivity contribution < 1.29 is 29.6 Å². The molecule has 1 aliphatic heterocycles. The van der Waals surface area contributed by atoms with Gasteiger partial charge in [0.2, 0.25) is 0 Å². The molecule has 0 bridgehead atoms. The van der Waals surface area contributed by atoms with Gasteiger partial charge in [0, 0.05) is 0 Å². The van der Waals surface area contributed by atoms with E-state index in [2.05, 4.69) is 21.5 Å². The topological polar surface area (TPSA) is 178 Å². The van der Waals surface area contributed by atoms with Gasteiger partial charge >= 0.3 is 12.0 Å². The highest BCUT2D eigenvalue weighted by Crippen LogP contribution is 2.02. The Morgan fingerprint density at radius 2 is 2.10 bits per heavy atom. The number of rotatable bonds is 7. The molecular formula is C10H21N5O6. The maximum absolute atomic E-state index is 11.5. The molecule has 122 valence electrons. The molecule has 1 fully saturated rings. The zero-order chi connectivity index (χ0) is 16.0. The average Bonchev–Trinajstić information content (AvgIpc) is 2.89. The van der Waals surface area contributed by atoms with Gasteiger partial charge in [-0.2, -0.15) is 0 Å². The van der Waals surface area contributed by atoms with Crippen LogP contribution in [0, 0.1) is 0 Å². The number of aliphatic hydroxyl groups is 2. The van der Waals surface area contributed by atoms with E-state index >= 15 is 0 Å². The summed E-state index contributed by atoms with van der Waals surface area (Å²) in [6, 6.07) is -2.79. The van der Waals surface area contributed by atoms with Gasteiger partial charge in [0.1, 0.15) is 12.5 Å². The first-order valence-electron chi connectivity index (χ1n) is 6.33. The number of aliphatic hydroxyl groups excluding tert-OH is 2. The molecule has 0 saturated carbocycles. The lowest BCUT2D eigenvalue weighted by atomic mass is 10.2. The lowest BCUT2D eigenvalue weighted by Gasteiger charge is -2.19. The SMILES string of the molecule is CC(O)C(NC(=O)NCC1NNC(C(N)CO)O1)C(=O)O. The van der Waals surface area contributed by atoms with Crippen molar-refractivity contribution in [2.45, 2.75) is 37.6 Å². The second kappa shape index (κ2) is 8.07. The molecule has 2 amide bonds. The number of nitrogens with two attached hydrogens (primary N) is 1. The molecule has 11 heteroatoms. The van der Waals surface area contributed by atoms with E-state index < -0.39 is 42.6 Å². The quantitative estimate of drug-likeness (QED) is 0.234. The Hall–Kier alpha value is -1.50. The Morgan fingerprint density at radius 1 is 1.43 bits per heavy atom. The Kier molecular flexibility index (Phi) is 6.74. The highest BCUT2D eigenvalue weighted by atomic mass is 16.6. The van der Waals surface area contributed by atoms with Gasteiger partial charge in [-0.25, -0.2) is 20.4 Å². The molecule has 5 atom stereocenters. The third-order valence-electron chi connectivity index (χ3n) is 2.78. The molecule has 11 nitrogen and oxygen atoms in total. The van der Waals surface area contributed by atoms with Crippen LogP contribution in [0.15, 0.2) is 0 Å². The summed E-state index contributed by atoms with van der Waals surface area (Å²) in [5.74, 6) is -1.34. The number of urea groups is 1. The molecular weight excluding hydrogens is 286 g/mol. The molecule has 5 unspecified atom stereocenters. The molecule has 1 aliphatic rings. The summed E-state index contributed by atoms with van der Waals surface area (Å²) in [5, 5.41) is 31.4. The summed E-state index contributed by atoms with van der Waals surface area (Å²) >= 11 is 0. The third kappa shape index (κ3) is 5.41. The second-order valence-electron chi connectivity index (χ2n) is 4.59. The largest absolute Gasteiger partial charge is 0.480 e. The minimum atomic E-state index is -1.41. The number of hydrogen-bond donors (Lipinski definition) is 8. The highest BCUT2D eigenvalue weighted by molar-refractivity contribution is 5.82. The number of carboxylic acids is 1. The van der Waals surface area contributed by atoms with Crippen LogP contribution in [0.1, 0.15) is 6.92 Å². The smallest absolute Gasteiger partial charge is 0.328 e. The van der Waals surface area contributed by atoms with Crippen LogP contribution < -0.4 is 27.2 Å². The summed E-state index contributed by atoms with van der Waals surface area (Å²) in [5.41, 5.74) is 11.0. The monoisotopic (exact) mass is 307 g/mol. The average molecular weight is 307 g/mol. The van der Waals surface area contributed by atoms with Crippen molar-refractivity contribution >= 4 is 12.0 Å². The number of carbonyl (C=O) groups is 2. The van der Waals surface area contributed by atoms with Gasteiger partial charge < -0.3 is 36.4 Å². The lowest BCUT2D eigenvalue weighted by molar-refractivity contribution is -0.141. The van der Waals surface area contributed by atoms with Crippen molar-refractivity contribution in [3.8, 4) is 0 Å². The maximum atomic E-state index is 11.5. The van der Waals surface area contributed by atoms with Gasteiger partial charge in [0.05, 0.1) is 25.3 Å². The molecule has 0 aromatic rings. The van der Waals surface area contributed by atoms with E-state index in [9.17, 15) is 14.7 Å². The molecule has 21 heavy (non-hydrogen) atoms.